The van der Waals surface area contributed by atoms with Crippen LogP contribution in [0, 0.1) is 0 Å². The largest absolute Gasteiger partial charge is 0.332 e. The molecular formula is C18H16Cl2N4O. The van der Waals surface area contributed by atoms with E-state index in [1.165, 1.54) is 0 Å². The Bertz CT molecular complexity index is 919. The van der Waals surface area contributed by atoms with Gasteiger partial charge in [-0.2, -0.15) is 0 Å². The molecule has 0 N–H and O–H groups in total. The third kappa shape index (κ3) is 2.98. The molecule has 1 aliphatic heterocycles. The Morgan fingerprint density at radius 2 is 1.92 bits per heavy atom. The summed E-state index contributed by atoms with van der Waals surface area (Å²) in [5.74, 6) is 0.803. The lowest BCUT2D eigenvalue weighted by Crippen LogP contribution is -2.32. The summed E-state index contributed by atoms with van der Waals surface area (Å²) in [6.07, 6.45) is 3.93. The van der Waals surface area contributed by atoms with Gasteiger partial charge in [0.1, 0.15) is 0 Å². The van der Waals surface area contributed by atoms with Crippen molar-refractivity contribution in [3.8, 4) is 0 Å². The minimum absolute atomic E-state index is 0.00480. The van der Waals surface area contributed by atoms with Gasteiger partial charge < -0.3 is 4.90 Å². The van der Waals surface area contributed by atoms with E-state index in [1.807, 2.05) is 33.7 Å². The molecule has 128 valence electrons. The number of likely N-dealkylation sites (tertiary alicyclic amines) is 1. The van der Waals surface area contributed by atoms with E-state index in [-0.39, 0.29) is 18.4 Å². The van der Waals surface area contributed by atoms with Crippen LogP contribution in [0.3, 0.4) is 0 Å². The van der Waals surface area contributed by atoms with Crippen LogP contribution in [-0.4, -0.2) is 31.9 Å². The topological polar surface area (TPSA) is 50.5 Å². The maximum Gasteiger partial charge on any atom is 0.227 e. The highest BCUT2D eigenvalue weighted by Crippen LogP contribution is 2.33. The molecule has 5 nitrogen and oxygen atoms in total. The summed E-state index contributed by atoms with van der Waals surface area (Å²) >= 11 is 12.4. The highest BCUT2D eigenvalue weighted by Gasteiger charge is 2.33. The van der Waals surface area contributed by atoms with Gasteiger partial charge in [-0.1, -0.05) is 35.3 Å². The molecule has 1 aliphatic rings. The molecule has 1 saturated heterocycles. The van der Waals surface area contributed by atoms with E-state index >= 15 is 0 Å². The molecule has 0 bridgehead atoms. The summed E-state index contributed by atoms with van der Waals surface area (Å²) in [5.41, 5.74) is 1.46. The summed E-state index contributed by atoms with van der Waals surface area (Å²) in [7, 11) is 0. The van der Waals surface area contributed by atoms with Crippen molar-refractivity contribution < 1.29 is 4.79 Å². The smallest absolute Gasteiger partial charge is 0.227 e. The zero-order chi connectivity index (χ0) is 17.4. The first-order valence-electron chi connectivity index (χ1n) is 8.17. The van der Waals surface area contributed by atoms with Crippen LogP contribution >= 0.6 is 23.2 Å². The van der Waals surface area contributed by atoms with Gasteiger partial charge in [0.25, 0.3) is 0 Å². The molecule has 3 heterocycles. The van der Waals surface area contributed by atoms with E-state index in [4.69, 9.17) is 23.2 Å². The van der Waals surface area contributed by atoms with Crippen molar-refractivity contribution in [3.63, 3.8) is 0 Å². The molecule has 0 saturated carbocycles. The molecule has 4 rings (SSSR count). The lowest BCUT2D eigenvalue weighted by molar-refractivity contribution is -0.131. The van der Waals surface area contributed by atoms with Crippen LogP contribution in [-0.2, 0) is 11.2 Å². The molecule has 3 aromatic rings. The van der Waals surface area contributed by atoms with Crippen molar-refractivity contribution in [1.82, 2.24) is 19.5 Å². The number of carbonyl (C=O) groups excluding carboxylic acids is 1. The third-order valence-electron chi connectivity index (χ3n) is 4.60. The SMILES string of the molecule is O=C(Cc1c(Cl)cccc1Cl)N1CCC[C@@H]1c1nnc2ccccn12. The number of hydrogen-bond donors (Lipinski definition) is 0. The molecule has 0 unspecified atom stereocenters. The molecule has 7 heteroatoms. The first kappa shape index (κ1) is 16.4. The highest BCUT2D eigenvalue weighted by atomic mass is 35.5. The molecular weight excluding hydrogens is 359 g/mol. The second kappa shape index (κ2) is 6.65. The summed E-state index contributed by atoms with van der Waals surface area (Å²) < 4.78 is 1.94. The van der Waals surface area contributed by atoms with Crippen LogP contribution in [0.25, 0.3) is 5.65 Å². The number of benzene rings is 1. The van der Waals surface area contributed by atoms with Crippen LogP contribution in [0.15, 0.2) is 42.6 Å². The van der Waals surface area contributed by atoms with E-state index in [0.717, 1.165) is 24.3 Å². The number of halogens is 2. The zero-order valence-electron chi connectivity index (χ0n) is 13.4. The summed E-state index contributed by atoms with van der Waals surface area (Å²) in [6, 6.07) is 11.0. The van der Waals surface area contributed by atoms with Gasteiger partial charge in [-0.3, -0.25) is 9.20 Å². The monoisotopic (exact) mass is 374 g/mol. The number of aromatic nitrogens is 3. The Morgan fingerprint density at radius 1 is 1.12 bits per heavy atom. The number of nitrogens with zero attached hydrogens (tertiary/aromatic N) is 4. The highest BCUT2D eigenvalue weighted by molar-refractivity contribution is 6.36. The maximum atomic E-state index is 12.9. The standard InChI is InChI=1S/C18H16Cl2N4O/c19-13-5-3-6-14(20)12(13)11-17(25)23-10-4-7-15(23)18-22-21-16-8-1-2-9-24(16)18/h1-3,5-6,8-9,15H,4,7,10-11H2/t15-/m1/s1. The van der Waals surface area contributed by atoms with E-state index in [1.54, 1.807) is 18.2 Å². The van der Waals surface area contributed by atoms with E-state index in [2.05, 4.69) is 10.2 Å². The molecule has 1 fully saturated rings. The lowest BCUT2D eigenvalue weighted by atomic mass is 10.1. The second-order valence-electron chi connectivity index (χ2n) is 6.11. The molecule has 1 atom stereocenters. The van der Waals surface area contributed by atoms with Gasteiger partial charge in [0, 0.05) is 22.8 Å². The average molecular weight is 375 g/mol. The van der Waals surface area contributed by atoms with Gasteiger partial charge in [-0.15, -0.1) is 10.2 Å². The van der Waals surface area contributed by atoms with Crippen molar-refractivity contribution in [3.05, 3.63) is 64.0 Å². The van der Waals surface area contributed by atoms with Crippen LogP contribution in [0.2, 0.25) is 10.0 Å². The molecule has 25 heavy (non-hydrogen) atoms. The van der Waals surface area contributed by atoms with Crippen LogP contribution in [0.5, 0.6) is 0 Å². The number of carbonyl (C=O) groups is 1. The predicted octanol–water partition coefficient (Wildman–Crippen LogP) is 3.94. The lowest BCUT2D eigenvalue weighted by Gasteiger charge is -2.24. The van der Waals surface area contributed by atoms with Gasteiger partial charge in [0.2, 0.25) is 5.91 Å². The number of fused-ring (bicyclic) bond motifs is 1. The second-order valence-corrected chi connectivity index (χ2v) is 6.92. The van der Waals surface area contributed by atoms with Gasteiger partial charge in [0.15, 0.2) is 11.5 Å². The van der Waals surface area contributed by atoms with Crippen LogP contribution < -0.4 is 0 Å². The average Bonchev–Trinajstić information content (AvgIpc) is 3.24. The molecule has 1 aromatic carbocycles. The molecule has 1 amide bonds. The minimum Gasteiger partial charge on any atom is -0.332 e. The Balaban J connectivity index is 1.62. The number of amides is 1. The van der Waals surface area contributed by atoms with Crippen molar-refractivity contribution in [2.45, 2.75) is 25.3 Å². The van der Waals surface area contributed by atoms with E-state index < -0.39 is 0 Å². The first-order chi connectivity index (χ1) is 12.1. The fourth-order valence-corrected chi connectivity index (χ4v) is 3.91. The number of hydrogen-bond acceptors (Lipinski definition) is 3. The first-order valence-corrected chi connectivity index (χ1v) is 8.93. The fourth-order valence-electron chi connectivity index (χ4n) is 3.37. The van der Waals surface area contributed by atoms with Crippen molar-refractivity contribution in [2.24, 2.45) is 0 Å². The Kier molecular flexibility index (Phi) is 4.36. The third-order valence-corrected chi connectivity index (χ3v) is 5.31. The van der Waals surface area contributed by atoms with Gasteiger partial charge in [0.05, 0.1) is 12.5 Å². The van der Waals surface area contributed by atoms with Crippen molar-refractivity contribution in [2.75, 3.05) is 6.54 Å². The minimum atomic E-state index is -0.0776. The van der Waals surface area contributed by atoms with Gasteiger partial charge in [-0.05, 0) is 42.7 Å². The van der Waals surface area contributed by atoms with Gasteiger partial charge in [-0.25, -0.2) is 0 Å². The fraction of sp³-hybridized carbons (Fsp3) is 0.278. The van der Waals surface area contributed by atoms with E-state index in [9.17, 15) is 4.79 Å². The molecule has 0 aliphatic carbocycles. The summed E-state index contributed by atoms with van der Waals surface area (Å²) in [6.45, 7) is 0.702. The molecule has 0 spiro atoms. The van der Waals surface area contributed by atoms with Crippen molar-refractivity contribution in [1.29, 1.82) is 0 Å². The van der Waals surface area contributed by atoms with Gasteiger partial charge >= 0.3 is 0 Å². The number of pyridine rings is 1. The number of rotatable bonds is 3. The molecule has 2 aromatic heterocycles. The molecule has 0 radical (unpaired) electrons. The normalized spacial score (nSPS) is 17.4. The quantitative estimate of drug-likeness (QED) is 0.697. The maximum absolute atomic E-state index is 12.9. The Hall–Kier alpha value is -2.11. The summed E-state index contributed by atoms with van der Waals surface area (Å²) in [4.78, 5) is 14.8. The summed E-state index contributed by atoms with van der Waals surface area (Å²) in [5, 5.41) is 9.56. The zero-order valence-corrected chi connectivity index (χ0v) is 14.9. The Morgan fingerprint density at radius 3 is 2.72 bits per heavy atom. The van der Waals surface area contributed by atoms with E-state index in [0.29, 0.717) is 22.2 Å². The van der Waals surface area contributed by atoms with Crippen LogP contribution in [0.4, 0.5) is 0 Å². The Labute approximate surface area is 155 Å². The predicted molar refractivity (Wildman–Crippen MR) is 96.8 cm³/mol. The van der Waals surface area contributed by atoms with Crippen LogP contribution in [0.1, 0.15) is 30.3 Å². The van der Waals surface area contributed by atoms with Crippen molar-refractivity contribution >= 4 is 34.8 Å².